The normalized spacial score (nSPS) is 13.0. The Morgan fingerprint density at radius 2 is 1.57 bits per heavy atom. The molecule has 0 aliphatic heterocycles. The van der Waals surface area contributed by atoms with Crippen LogP contribution in [0.3, 0.4) is 0 Å². The van der Waals surface area contributed by atoms with Gasteiger partial charge in [-0.3, -0.25) is 4.79 Å². The molecule has 0 bridgehead atoms. The minimum Gasteiger partial charge on any atom is -0.481 e. The highest BCUT2D eigenvalue weighted by Crippen LogP contribution is 2.28. The van der Waals surface area contributed by atoms with Gasteiger partial charge in [0.2, 0.25) is 0 Å². The Balaban J connectivity index is 2.85. The fourth-order valence-electron chi connectivity index (χ4n) is 2.85. The van der Waals surface area contributed by atoms with E-state index in [2.05, 4.69) is 59.0 Å². The van der Waals surface area contributed by atoms with Crippen LogP contribution in [0.4, 0.5) is 0 Å². The summed E-state index contributed by atoms with van der Waals surface area (Å²) in [5, 5.41) is 3.14. The molecule has 0 heterocycles. The summed E-state index contributed by atoms with van der Waals surface area (Å²) >= 11 is 0. The van der Waals surface area contributed by atoms with Gasteiger partial charge in [-0.2, -0.15) is 0 Å². The van der Waals surface area contributed by atoms with E-state index in [-0.39, 0.29) is 11.9 Å². The second-order valence-electron chi connectivity index (χ2n) is 7.48. The molecule has 0 saturated carbocycles. The lowest BCUT2D eigenvalue weighted by Gasteiger charge is -2.28. The van der Waals surface area contributed by atoms with E-state index < -0.39 is 6.10 Å². The Labute approximate surface area is 141 Å². The monoisotopic (exact) mass is 319 g/mol. The first-order chi connectivity index (χ1) is 10.6. The molecule has 1 N–H and O–H groups in total. The topological polar surface area (TPSA) is 38.3 Å². The third-order valence-electron chi connectivity index (χ3n) is 4.21. The SMILES string of the molecule is Cc1ccc(C(C)C)c(O[C@@H](C)C(=O)NC(C(C)C)C(C)C)c1. The molecule has 3 nitrogen and oxygen atoms in total. The van der Waals surface area contributed by atoms with Crippen molar-refractivity contribution in [2.45, 2.75) is 73.5 Å². The molecular formula is C20H33NO2. The summed E-state index contributed by atoms with van der Waals surface area (Å²) in [5.41, 5.74) is 2.28. The van der Waals surface area contributed by atoms with Crippen LogP contribution in [0.5, 0.6) is 5.75 Å². The molecular weight excluding hydrogens is 286 g/mol. The van der Waals surface area contributed by atoms with Crippen molar-refractivity contribution in [2.75, 3.05) is 0 Å². The maximum Gasteiger partial charge on any atom is 0.261 e. The summed E-state index contributed by atoms with van der Waals surface area (Å²) in [4.78, 5) is 12.5. The zero-order chi connectivity index (χ0) is 17.7. The first kappa shape index (κ1) is 19.5. The van der Waals surface area contributed by atoms with Crippen LogP contribution in [0.25, 0.3) is 0 Å². The van der Waals surface area contributed by atoms with Crippen molar-refractivity contribution in [3.63, 3.8) is 0 Å². The van der Waals surface area contributed by atoms with Crippen LogP contribution < -0.4 is 10.1 Å². The minimum absolute atomic E-state index is 0.0476. The molecule has 23 heavy (non-hydrogen) atoms. The average Bonchev–Trinajstić information content (AvgIpc) is 2.43. The summed E-state index contributed by atoms with van der Waals surface area (Å²) in [6, 6.07) is 6.35. The van der Waals surface area contributed by atoms with Gasteiger partial charge in [0.25, 0.3) is 5.91 Å². The average molecular weight is 319 g/mol. The van der Waals surface area contributed by atoms with Crippen LogP contribution in [0.15, 0.2) is 18.2 Å². The fourth-order valence-corrected chi connectivity index (χ4v) is 2.85. The van der Waals surface area contributed by atoms with Crippen LogP contribution in [0.2, 0.25) is 0 Å². The van der Waals surface area contributed by atoms with E-state index >= 15 is 0 Å². The fraction of sp³-hybridized carbons (Fsp3) is 0.650. The standard InChI is InChI=1S/C20H33NO2/c1-12(2)17-10-9-15(7)11-18(17)23-16(8)20(22)21-19(13(3)4)14(5)6/h9-14,16,19H,1-8H3,(H,21,22)/t16-/m0/s1. The highest BCUT2D eigenvalue weighted by atomic mass is 16.5. The van der Waals surface area contributed by atoms with E-state index in [1.807, 2.05) is 19.9 Å². The molecule has 1 aromatic carbocycles. The van der Waals surface area contributed by atoms with Crippen LogP contribution in [0, 0.1) is 18.8 Å². The van der Waals surface area contributed by atoms with Gasteiger partial charge in [0.1, 0.15) is 5.75 Å². The molecule has 1 aromatic rings. The lowest BCUT2D eigenvalue weighted by molar-refractivity contribution is -0.128. The molecule has 130 valence electrons. The molecule has 0 unspecified atom stereocenters. The number of benzene rings is 1. The number of carbonyl (C=O) groups is 1. The van der Waals surface area contributed by atoms with Crippen molar-refractivity contribution in [3.8, 4) is 5.75 Å². The number of hydrogen-bond acceptors (Lipinski definition) is 2. The maximum absolute atomic E-state index is 12.5. The molecule has 1 rings (SSSR count). The summed E-state index contributed by atoms with van der Waals surface area (Å²) in [7, 11) is 0. The van der Waals surface area contributed by atoms with E-state index in [9.17, 15) is 4.79 Å². The number of carbonyl (C=O) groups excluding carboxylic acids is 1. The molecule has 0 aliphatic rings. The zero-order valence-corrected chi connectivity index (χ0v) is 15.9. The molecule has 3 heteroatoms. The second-order valence-corrected chi connectivity index (χ2v) is 7.48. The molecule has 0 spiro atoms. The number of ether oxygens (including phenoxy) is 1. The molecule has 1 atom stereocenters. The lowest BCUT2D eigenvalue weighted by Crippen LogP contribution is -2.47. The van der Waals surface area contributed by atoms with Crippen molar-refractivity contribution in [1.82, 2.24) is 5.32 Å². The van der Waals surface area contributed by atoms with Gasteiger partial charge in [0.15, 0.2) is 6.10 Å². The highest BCUT2D eigenvalue weighted by Gasteiger charge is 2.24. The minimum atomic E-state index is -0.505. The Hall–Kier alpha value is -1.51. The summed E-state index contributed by atoms with van der Waals surface area (Å²) < 4.78 is 6.00. The van der Waals surface area contributed by atoms with Gasteiger partial charge < -0.3 is 10.1 Å². The predicted molar refractivity (Wildman–Crippen MR) is 97.0 cm³/mol. The van der Waals surface area contributed by atoms with Gasteiger partial charge in [-0.1, -0.05) is 53.7 Å². The van der Waals surface area contributed by atoms with Crippen LogP contribution in [0.1, 0.15) is 65.5 Å². The summed E-state index contributed by atoms with van der Waals surface area (Å²) in [5.74, 6) is 1.93. The Morgan fingerprint density at radius 1 is 1.00 bits per heavy atom. The van der Waals surface area contributed by atoms with Crippen LogP contribution in [-0.2, 0) is 4.79 Å². The van der Waals surface area contributed by atoms with Crippen LogP contribution >= 0.6 is 0 Å². The molecule has 0 aliphatic carbocycles. The quantitative estimate of drug-likeness (QED) is 0.792. The van der Waals surface area contributed by atoms with Crippen molar-refractivity contribution >= 4 is 5.91 Å². The van der Waals surface area contributed by atoms with Gasteiger partial charge in [0, 0.05) is 6.04 Å². The number of rotatable bonds is 7. The van der Waals surface area contributed by atoms with Crippen molar-refractivity contribution in [3.05, 3.63) is 29.3 Å². The number of amides is 1. The van der Waals surface area contributed by atoms with Crippen LogP contribution in [-0.4, -0.2) is 18.1 Å². The van der Waals surface area contributed by atoms with Gasteiger partial charge >= 0.3 is 0 Å². The first-order valence-corrected chi connectivity index (χ1v) is 8.71. The lowest BCUT2D eigenvalue weighted by atomic mass is 9.93. The van der Waals surface area contributed by atoms with E-state index in [0.717, 1.165) is 16.9 Å². The summed E-state index contributed by atoms with van der Waals surface area (Å²) in [6.45, 7) is 16.7. The molecule has 0 saturated heterocycles. The Kier molecular flexibility index (Phi) is 7.11. The third-order valence-corrected chi connectivity index (χ3v) is 4.21. The number of hydrogen-bond donors (Lipinski definition) is 1. The molecule has 1 amide bonds. The predicted octanol–water partition coefficient (Wildman–Crippen LogP) is 4.68. The van der Waals surface area contributed by atoms with E-state index in [1.54, 1.807) is 0 Å². The number of aryl methyl sites for hydroxylation is 1. The van der Waals surface area contributed by atoms with Gasteiger partial charge in [-0.15, -0.1) is 0 Å². The molecule has 0 radical (unpaired) electrons. The summed E-state index contributed by atoms with van der Waals surface area (Å²) in [6.07, 6.45) is -0.505. The maximum atomic E-state index is 12.5. The van der Waals surface area contributed by atoms with Gasteiger partial charge in [0.05, 0.1) is 0 Å². The van der Waals surface area contributed by atoms with Crippen molar-refractivity contribution in [1.29, 1.82) is 0 Å². The van der Waals surface area contributed by atoms with E-state index in [4.69, 9.17) is 4.74 Å². The highest BCUT2D eigenvalue weighted by molar-refractivity contribution is 5.81. The Morgan fingerprint density at radius 3 is 2.04 bits per heavy atom. The largest absolute Gasteiger partial charge is 0.481 e. The Bertz CT molecular complexity index is 512. The first-order valence-electron chi connectivity index (χ1n) is 8.71. The third kappa shape index (κ3) is 5.56. The number of nitrogens with one attached hydrogen (secondary N) is 1. The zero-order valence-electron chi connectivity index (χ0n) is 15.9. The van der Waals surface area contributed by atoms with Crippen molar-refractivity contribution in [2.24, 2.45) is 11.8 Å². The second kappa shape index (κ2) is 8.37. The van der Waals surface area contributed by atoms with Gasteiger partial charge in [-0.05, 0) is 48.8 Å². The smallest absolute Gasteiger partial charge is 0.261 e. The van der Waals surface area contributed by atoms with E-state index in [1.165, 1.54) is 0 Å². The van der Waals surface area contributed by atoms with Crippen molar-refractivity contribution < 1.29 is 9.53 Å². The molecule has 0 fully saturated rings. The molecule has 0 aromatic heterocycles. The van der Waals surface area contributed by atoms with E-state index in [0.29, 0.717) is 17.8 Å². The van der Waals surface area contributed by atoms with Gasteiger partial charge in [-0.25, -0.2) is 0 Å².